The molecule has 0 amide bonds. The van der Waals surface area contributed by atoms with E-state index in [1.165, 1.54) is 0 Å². The van der Waals surface area contributed by atoms with Gasteiger partial charge in [-0.1, -0.05) is 60.7 Å². The number of fused-ring (bicyclic) bond motifs is 2. The Labute approximate surface area is 235 Å². The summed E-state index contributed by atoms with van der Waals surface area (Å²) in [4.78, 5) is 2.17. The summed E-state index contributed by atoms with van der Waals surface area (Å²) >= 11 is 5.24. The van der Waals surface area contributed by atoms with Gasteiger partial charge in [-0.2, -0.15) is 10.2 Å². The van der Waals surface area contributed by atoms with E-state index in [9.17, 15) is 0 Å². The zero-order chi connectivity index (χ0) is 27.0. The molecule has 39 heavy (non-hydrogen) atoms. The van der Waals surface area contributed by atoms with Crippen LogP contribution in [0.2, 0.25) is 0 Å². The van der Waals surface area contributed by atoms with Gasteiger partial charge in [-0.25, -0.2) is 0 Å². The van der Waals surface area contributed by atoms with Crippen molar-refractivity contribution in [2.24, 2.45) is 10.2 Å². The molecule has 6 nitrogen and oxygen atoms in total. The summed E-state index contributed by atoms with van der Waals surface area (Å²) in [7, 11) is 0. The zero-order valence-electron chi connectivity index (χ0n) is 22.1. The van der Waals surface area contributed by atoms with Crippen LogP contribution >= 0.6 is 12.2 Å². The van der Waals surface area contributed by atoms with Crippen LogP contribution in [0.1, 0.15) is 25.0 Å². The van der Waals surface area contributed by atoms with Crippen molar-refractivity contribution in [1.82, 2.24) is 0 Å². The van der Waals surface area contributed by atoms with E-state index >= 15 is 0 Å². The summed E-state index contributed by atoms with van der Waals surface area (Å²) in [5.41, 5.74) is 5.95. The molecule has 5 rings (SSSR count). The molecule has 0 aliphatic carbocycles. The predicted octanol–water partition coefficient (Wildman–Crippen LogP) is 7.65. The second-order valence-corrected chi connectivity index (χ2v) is 9.26. The molecule has 0 atom stereocenters. The first-order valence-corrected chi connectivity index (χ1v) is 13.6. The SMILES string of the molecule is CCN(/N=C/c1ccc2c(c1)Oc1cc(/C=N/N(CC)c3ccccc3)ccc1N2CC=S)c1ccccc1. The van der Waals surface area contributed by atoms with Crippen molar-refractivity contribution in [2.45, 2.75) is 13.8 Å². The number of benzene rings is 4. The van der Waals surface area contributed by atoms with Crippen LogP contribution in [0.4, 0.5) is 22.7 Å². The maximum absolute atomic E-state index is 6.43. The summed E-state index contributed by atoms with van der Waals surface area (Å²) in [5.74, 6) is 1.53. The van der Waals surface area contributed by atoms with Gasteiger partial charge >= 0.3 is 0 Å². The standard InChI is InChI=1S/C32H31N5OS/c1-3-36(27-11-7-5-8-12-27)33-23-25-15-17-29-31(21-25)38-32-22-26(16-18-30(32)35(29)19-20-39)24-34-37(4-2)28-13-9-6-10-14-28/h5-18,20-24H,3-4,19H2,1-2H3/b33-23+,34-24+. The second kappa shape index (κ2) is 12.4. The van der Waals surface area contributed by atoms with Gasteiger partial charge in [0.2, 0.25) is 0 Å². The number of para-hydroxylation sites is 2. The predicted molar refractivity (Wildman–Crippen MR) is 168 cm³/mol. The van der Waals surface area contributed by atoms with Crippen molar-refractivity contribution in [3.8, 4) is 11.5 Å². The number of hydrogen-bond acceptors (Lipinski definition) is 7. The molecule has 1 aliphatic heterocycles. The highest BCUT2D eigenvalue weighted by Crippen LogP contribution is 2.46. The molecule has 0 spiro atoms. The van der Waals surface area contributed by atoms with Crippen LogP contribution in [-0.4, -0.2) is 37.4 Å². The van der Waals surface area contributed by atoms with E-state index in [1.807, 2.05) is 71.0 Å². The molecule has 0 saturated heterocycles. The number of thiocarbonyl (C=S) groups is 1. The third-order valence-electron chi connectivity index (χ3n) is 6.43. The zero-order valence-corrected chi connectivity index (χ0v) is 23.0. The van der Waals surface area contributed by atoms with Crippen molar-refractivity contribution < 1.29 is 4.74 Å². The van der Waals surface area contributed by atoms with E-state index in [0.29, 0.717) is 6.54 Å². The van der Waals surface area contributed by atoms with Gasteiger partial charge in [-0.3, -0.25) is 10.0 Å². The molecule has 1 heterocycles. The van der Waals surface area contributed by atoms with Crippen LogP contribution in [0, 0.1) is 0 Å². The van der Waals surface area contributed by atoms with Crippen molar-refractivity contribution in [2.75, 3.05) is 34.6 Å². The third kappa shape index (κ3) is 5.99. The highest BCUT2D eigenvalue weighted by Gasteiger charge is 2.24. The maximum atomic E-state index is 6.43. The minimum absolute atomic E-state index is 0.592. The minimum atomic E-state index is 0.592. The lowest BCUT2D eigenvalue weighted by Crippen LogP contribution is -2.23. The molecule has 0 aromatic heterocycles. The average molecular weight is 534 g/mol. The van der Waals surface area contributed by atoms with Gasteiger partial charge in [-0.05, 0) is 78.9 Å². The summed E-state index contributed by atoms with van der Waals surface area (Å²) in [5, 5.41) is 15.1. The van der Waals surface area contributed by atoms with Crippen LogP contribution in [0.25, 0.3) is 0 Å². The van der Waals surface area contributed by atoms with Crippen LogP contribution in [0.15, 0.2) is 107 Å². The largest absolute Gasteiger partial charge is 0.453 e. The molecular weight excluding hydrogens is 502 g/mol. The fourth-order valence-corrected chi connectivity index (χ4v) is 4.63. The first-order chi connectivity index (χ1) is 19.2. The fourth-order valence-electron chi connectivity index (χ4n) is 4.49. The van der Waals surface area contributed by atoms with Crippen molar-refractivity contribution in [3.63, 3.8) is 0 Å². The van der Waals surface area contributed by atoms with Crippen LogP contribution in [0.3, 0.4) is 0 Å². The number of anilines is 4. The van der Waals surface area contributed by atoms with Gasteiger partial charge in [0.05, 0.1) is 41.7 Å². The smallest absolute Gasteiger partial charge is 0.151 e. The fraction of sp³-hybridized carbons (Fsp3) is 0.156. The molecule has 0 unspecified atom stereocenters. The highest BCUT2D eigenvalue weighted by molar-refractivity contribution is 7.79. The molecule has 196 valence electrons. The van der Waals surface area contributed by atoms with E-state index < -0.39 is 0 Å². The van der Waals surface area contributed by atoms with Gasteiger partial charge in [0, 0.05) is 13.1 Å². The monoisotopic (exact) mass is 533 g/mol. The van der Waals surface area contributed by atoms with E-state index in [4.69, 9.17) is 27.2 Å². The van der Waals surface area contributed by atoms with E-state index in [2.05, 4.69) is 67.3 Å². The lowest BCUT2D eigenvalue weighted by Gasteiger charge is -2.32. The van der Waals surface area contributed by atoms with Gasteiger partial charge in [-0.15, -0.1) is 0 Å². The Balaban J connectivity index is 1.41. The topological polar surface area (TPSA) is 43.7 Å². The lowest BCUT2D eigenvalue weighted by molar-refractivity contribution is 0.475. The van der Waals surface area contributed by atoms with Crippen LogP contribution in [-0.2, 0) is 0 Å². The summed E-state index contributed by atoms with van der Waals surface area (Å²) in [6.45, 7) is 6.29. The van der Waals surface area contributed by atoms with Crippen LogP contribution in [0.5, 0.6) is 11.5 Å². The van der Waals surface area contributed by atoms with Crippen molar-refractivity contribution >= 4 is 52.8 Å². The average Bonchev–Trinajstić information content (AvgIpc) is 2.98. The maximum Gasteiger partial charge on any atom is 0.151 e. The quantitative estimate of drug-likeness (QED) is 0.119. The summed E-state index contributed by atoms with van der Waals surface area (Å²) < 4.78 is 6.43. The van der Waals surface area contributed by atoms with E-state index in [0.717, 1.165) is 58.5 Å². The van der Waals surface area contributed by atoms with Crippen molar-refractivity contribution in [3.05, 3.63) is 108 Å². The second-order valence-electron chi connectivity index (χ2n) is 8.93. The number of hydrogen-bond donors (Lipinski definition) is 0. The first kappa shape index (κ1) is 26.1. The van der Waals surface area contributed by atoms with Gasteiger partial charge < -0.3 is 9.64 Å². The molecule has 0 bridgehead atoms. The Bertz CT molecular complexity index is 1370. The Morgan fingerprint density at radius 1 is 0.692 bits per heavy atom. The van der Waals surface area contributed by atoms with E-state index in [1.54, 1.807) is 5.37 Å². The Morgan fingerprint density at radius 2 is 1.15 bits per heavy atom. The van der Waals surface area contributed by atoms with E-state index in [-0.39, 0.29) is 0 Å². The molecule has 0 N–H and O–H groups in total. The highest BCUT2D eigenvalue weighted by atomic mass is 32.1. The summed E-state index contributed by atoms with van der Waals surface area (Å²) in [6.07, 6.45) is 3.73. The number of nitrogens with zero attached hydrogens (tertiary/aromatic N) is 5. The normalized spacial score (nSPS) is 12.2. The third-order valence-corrected chi connectivity index (χ3v) is 6.58. The molecule has 0 saturated carbocycles. The van der Waals surface area contributed by atoms with Gasteiger partial charge in [0.25, 0.3) is 0 Å². The van der Waals surface area contributed by atoms with Crippen LogP contribution < -0.4 is 19.7 Å². The molecular formula is C32H31N5OS. The van der Waals surface area contributed by atoms with Crippen molar-refractivity contribution in [1.29, 1.82) is 0 Å². The molecule has 7 heteroatoms. The lowest BCUT2D eigenvalue weighted by atomic mass is 10.1. The molecule has 0 fully saturated rings. The summed E-state index contributed by atoms with van der Waals surface area (Å²) in [6, 6.07) is 32.6. The minimum Gasteiger partial charge on any atom is -0.453 e. The Morgan fingerprint density at radius 3 is 1.56 bits per heavy atom. The molecule has 4 aromatic carbocycles. The number of ether oxygens (including phenoxy) is 1. The van der Waals surface area contributed by atoms with Gasteiger partial charge in [0.1, 0.15) is 0 Å². The Hall–Kier alpha value is -4.49. The van der Waals surface area contributed by atoms with Gasteiger partial charge in [0.15, 0.2) is 11.5 Å². The molecule has 1 aliphatic rings. The number of rotatable bonds is 10. The first-order valence-electron chi connectivity index (χ1n) is 13.1. The Kier molecular flexibility index (Phi) is 8.29. The molecule has 4 aromatic rings. The molecule has 0 radical (unpaired) electrons. The number of hydrazone groups is 2.